The summed E-state index contributed by atoms with van der Waals surface area (Å²) >= 11 is 3.18. The van der Waals surface area contributed by atoms with Gasteiger partial charge in [-0.25, -0.2) is 13.4 Å². The molecule has 0 atom stereocenters. The molecule has 19 heavy (non-hydrogen) atoms. The molecule has 0 saturated carbocycles. The van der Waals surface area contributed by atoms with E-state index in [1.807, 2.05) is 0 Å². The number of hydrogen-bond acceptors (Lipinski definition) is 4. The van der Waals surface area contributed by atoms with Crippen LogP contribution in [0.2, 0.25) is 0 Å². The Kier molecular flexibility index (Phi) is 4.06. The average molecular weight is 343 g/mol. The minimum absolute atomic E-state index is 0.0837. The average Bonchev–Trinajstić information content (AvgIpc) is 2.41. The van der Waals surface area contributed by atoms with Crippen LogP contribution in [-0.4, -0.2) is 20.5 Å². The number of pyridine rings is 1. The molecule has 0 unspecified atom stereocenters. The van der Waals surface area contributed by atoms with Crippen LogP contribution < -0.4 is 9.46 Å². The Morgan fingerprint density at radius 2 is 1.95 bits per heavy atom. The summed E-state index contributed by atoms with van der Waals surface area (Å²) in [6.07, 6.45) is 1.43. The van der Waals surface area contributed by atoms with Gasteiger partial charge in [-0.2, -0.15) is 0 Å². The zero-order valence-electron chi connectivity index (χ0n) is 10.00. The first-order valence-corrected chi connectivity index (χ1v) is 7.58. The number of ether oxygens (including phenoxy) is 1. The van der Waals surface area contributed by atoms with E-state index in [1.54, 1.807) is 30.3 Å². The number of methoxy groups -OCH3 is 1. The van der Waals surface area contributed by atoms with Crippen molar-refractivity contribution >= 4 is 31.6 Å². The quantitative estimate of drug-likeness (QED) is 0.867. The van der Waals surface area contributed by atoms with Gasteiger partial charge in [-0.1, -0.05) is 12.1 Å². The van der Waals surface area contributed by atoms with Gasteiger partial charge < -0.3 is 4.74 Å². The van der Waals surface area contributed by atoms with E-state index in [0.717, 1.165) is 0 Å². The van der Waals surface area contributed by atoms with Crippen LogP contribution in [0, 0.1) is 0 Å². The number of sulfonamides is 1. The summed E-state index contributed by atoms with van der Waals surface area (Å²) < 4.78 is 32.6. The molecule has 1 aromatic heterocycles. The monoisotopic (exact) mass is 342 g/mol. The molecule has 0 spiro atoms. The van der Waals surface area contributed by atoms with Gasteiger partial charge in [0.1, 0.15) is 15.2 Å². The van der Waals surface area contributed by atoms with Crippen LogP contribution in [-0.2, 0) is 10.0 Å². The van der Waals surface area contributed by atoms with Gasteiger partial charge in [-0.15, -0.1) is 0 Å². The lowest BCUT2D eigenvalue weighted by Crippen LogP contribution is -2.14. The molecule has 0 saturated heterocycles. The van der Waals surface area contributed by atoms with E-state index >= 15 is 0 Å². The van der Waals surface area contributed by atoms with Gasteiger partial charge in [-0.05, 0) is 40.2 Å². The van der Waals surface area contributed by atoms with Crippen molar-refractivity contribution in [2.45, 2.75) is 4.90 Å². The Morgan fingerprint density at radius 1 is 1.21 bits per heavy atom. The molecule has 2 rings (SSSR count). The highest BCUT2D eigenvalue weighted by Crippen LogP contribution is 2.25. The van der Waals surface area contributed by atoms with Crippen molar-refractivity contribution in [2.75, 3.05) is 11.8 Å². The van der Waals surface area contributed by atoms with Crippen molar-refractivity contribution in [2.24, 2.45) is 0 Å². The summed E-state index contributed by atoms with van der Waals surface area (Å²) in [6.45, 7) is 0. The maximum Gasteiger partial charge on any atom is 0.265 e. The number of benzene rings is 1. The molecule has 0 aliphatic carbocycles. The predicted molar refractivity (Wildman–Crippen MR) is 75.7 cm³/mol. The fourth-order valence-corrected chi connectivity index (χ4v) is 2.94. The Hall–Kier alpha value is -1.60. The molecule has 1 N–H and O–H groups in total. The smallest absolute Gasteiger partial charge is 0.265 e. The highest BCUT2D eigenvalue weighted by Gasteiger charge is 2.18. The number of aromatic nitrogens is 1. The van der Waals surface area contributed by atoms with Gasteiger partial charge in [-0.3, -0.25) is 4.72 Å². The number of nitrogens with one attached hydrogen (secondary N) is 1. The first-order valence-electron chi connectivity index (χ1n) is 5.30. The fraction of sp³-hybridized carbons (Fsp3) is 0.0833. The van der Waals surface area contributed by atoms with Crippen LogP contribution in [0.15, 0.2) is 52.1 Å². The second-order valence-corrected chi connectivity index (χ2v) is 6.09. The number of rotatable bonds is 4. The molecule has 2 aromatic rings. The molecular weight excluding hydrogens is 332 g/mol. The van der Waals surface area contributed by atoms with Crippen molar-refractivity contribution in [1.29, 1.82) is 0 Å². The van der Waals surface area contributed by atoms with Crippen molar-refractivity contribution in [3.63, 3.8) is 0 Å². The summed E-state index contributed by atoms with van der Waals surface area (Å²) in [7, 11) is -2.27. The normalized spacial score (nSPS) is 11.1. The van der Waals surface area contributed by atoms with Crippen LogP contribution in [0.25, 0.3) is 0 Å². The van der Waals surface area contributed by atoms with Crippen LogP contribution in [0.5, 0.6) is 5.75 Å². The Bertz CT molecular complexity index is 672. The molecule has 0 radical (unpaired) electrons. The van der Waals surface area contributed by atoms with Crippen molar-refractivity contribution in [3.8, 4) is 5.75 Å². The van der Waals surface area contributed by atoms with E-state index in [4.69, 9.17) is 4.74 Å². The minimum atomic E-state index is -3.70. The Morgan fingerprint density at radius 3 is 2.58 bits per heavy atom. The highest BCUT2D eigenvalue weighted by molar-refractivity contribution is 9.10. The molecule has 0 aliphatic heterocycles. The molecule has 1 heterocycles. The van der Waals surface area contributed by atoms with E-state index < -0.39 is 10.0 Å². The second-order valence-electron chi connectivity index (χ2n) is 3.63. The standard InChI is InChI=1S/C12H11BrN2O3S/c1-18-10-4-2-3-5-11(10)19(16,17)15-9-6-7-12(13)14-8-9/h2-8,15H,1H3. The number of hydrogen-bond donors (Lipinski definition) is 1. The molecule has 5 nitrogen and oxygen atoms in total. The molecule has 1 aromatic carbocycles. The maximum absolute atomic E-state index is 12.2. The number of halogens is 1. The van der Waals surface area contributed by atoms with Gasteiger partial charge in [0.2, 0.25) is 0 Å². The summed E-state index contributed by atoms with van der Waals surface area (Å²) in [5.74, 6) is 0.292. The van der Waals surface area contributed by atoms with Crippen LogP contribution in [0.3, 0.4) is 0 Å². The minimum Gasteiger partial charge on any atom is -0.495 e. The van der Waals surface area contributed by atoms with Crippen molar-refractivity contribution in [3.05, 3.63) is 47.2 Å². The largest absolute Gasteiger partial charge is 0.495 e. The third kappa shape index (κ3) is 3.24. The summed E-state index contributed by atoms with van der Waals surface area (Å²) in [5, 5.41) is 0. The molecule has 7 heteroatoms. The molecule has 0 aliphatic rings. The number of para-hydroxylation sites is 1. The number of anilines is 1. The number of nitrogens with zero attached hydrogens (tertiary/aromatic N) is 1. The fourth-order valence-electron chi connectivity index (χ4n) is 1.49. The summed E-state index contributed by atoms with van der Waals surface area (Å²) in [5.41, 5.74) is 0.383. The lowest BCUT2D eigenvalue weighted by Gasteiger charge is -2.11. The molecule has 0 amide bonds. The Balaban J connectivity index is 2.35. The van der Waals surface area contributed by atoms with Gasteiger partial charge >= 0.3 is 0 Å². The first kappa shape index (κ1) is 13.8. The van der Waals surface area contributed by atoms with Crippen molar-refractivity contribution in [1.82, 2.24) is 4.98 Å². The second kappa shape index (κ2) is 5.58. The zero-order valence-corrected chi connectivity index (χ0v) is 12.4. The SMILES string of the molecule is COc1ccccc1S(=O)(=O)Nc1ccc(Br)nc1. The van der Waals surface area contributed by atoms with Crippen LogP contribution >= 0.6 is 15.9 Å². The predicted octanol–water partition coefficient (Wildman–Crippen LogP) is 2.65. The molecule has 0 fully saturated rings. The van der Waals surface area contributed by atoms with Gasteiger partial charge in [0.05, 0.1) is 19.0 Å². The molecule has 100 valence electrons. The maximum atomic E-state index is 12.2. The van der Waals surface area contributed by atoms with Gasteiger partial charge in [0, 0.05) is 0 Å². The topological polar surface area (TPSA) is 68.3 Å². The summed E-state index contributed by atoms with van der Waals surface area (Å²) in [6, 6.07) is 9.68. The van der Waals surface area contributed by atoms with Crippen LogP contribution in [0.4, 0.5) is 5.69 Å². The molecule has 0 bridgehead atoms. The highest BCUT2D eigenvalue weighted by atomic mass is 79.9. The van der Waals surface area contributed by atoms with E-state index in [2.05, 4.69) is 25.6 Å². The zero-order chi connectivity index (χ0) is 13.9. The lowest BCUT2D eigenvalue weighted by molar-refractivity contribution is 0.403. The van der Waals surface area contributed by atoms with E-state index in [1.165, 1.54) is 19.4 Å². The lowest BCUT2D eigenvalue weighted by atomic mass is 10.3. The first-order chi connectivity index (χ1) is 9.03. The van der Waals surface area contributed by atoms with Crippen LogP contribution in [0.1, 0.15) is 0 Å². The van der Waals surface area contributed by atoms with Gasteiger partial charge in [0.25, 0.3) is 10.0 Å². The van der Waals surface area contributed by atoms with E-state index in [0.29, 0.717) is 16.0 Å². The third-order valence-electron chi connectivity index (χ3n) is 2.34. The van der Waals surface area contributed by atoms with E-state index in [9.17, 15) is 8.42 Å². The van der Waals surface area contributed by atoms with Gasteiger partial charge in [0.15, 0.2) is 0 Å². The Labute approximate surface area is 119 Å². The van der Waals surface area contributed by atoms with E-state index in [-0.39, 0.29) is 4.90 Å². The third-order valence-corrected chi connectivity index (χ3v) is 4.23. The molecular formula is C12H11BrN2O3S. The van der Waals surface area contributed by atoms with Crippen molar-refractivity contribution < 1.29 is 13.2 Å². The summed E-state index contributed by atoms with van der Waals surface area (Å²) in [4.78, 5) is 4.04.